The van der Waals surface area contributed by atoms with Gasteiger partial charge in [-0.3, -0.25) is 0 Å². The molecular formula is C14H21N3. The first-order valence-corrected chi connectivity index (χ1v) is 6.83. The van der Waals surface area contributed by atoms with Crippen molar-refractivity contribution in [2.45, 2.75) is 44.6 Å². The summed E-state index contributed by atoms with van der Waals surface area (Å²) in [5.74, 6) is 1.58. The van der Waals surface area contributed by atoms with Crippen LogP contribution >= 0.6 is 0 Å². The maximum Gasteiger partial charge on any atom is 0.146 e. The minimum absolute atomic E-state index is 0.692. The highest BCUT2D eigenvalue weighted by Gasteiger charge is 2.34. The Morgan fingerprint density at radius 2 is 2.00 bits per heavy atom. The van der Waals surface area contributed by atoms with E-state index in [2.05, 4.69) is 16.0 Å². The van der Waals surface area contributed by atoms with Crippen molar-refractivity contribution >= 4 is 11.5 Å². The SMILES string of the molecule is Nc1ncccc1N1CCCC1C1CCCC1. The van der Waals surface area contributed by atoms with Crippen LogP contribution in [0.25, 0.3) is 0 Å². The third kappa shape index (κ3) is 1.99. The summed E-state index contributed by atoms with van der Waals surface area (Å²) in [7, 11) is 0. The second-order valence-corrected chi connectivity index (χ2v) is 5.36. The van der Waals surface area contributed by atoms with Crippen molar-refractivity contribution in [1.82, 2.24) is 4.98 Å². The van der Waals surface area contributed by atoms with Crippen LogP contribution in [0.3, 0.4) is 0 Å². The maximum absolute atomic E-state index is 6.01. The standard InChI is InChI=1S/C14H21N3/c15-14-13(7-3-9-16-14)17-10-4-8-12(17)11-5-1-2-6-11/h3,7,9,11-12H,1-2,4-6,8,10H2,(H2,15,16). The molecule has 0 amide bonds. The average molecular weight is 231 g/mol. The van der Waals surface area contributed by atoms with Crippen molar-refractivity contribution in [1.29, 1.82) is 0 Å². The van der Waals surface area contributed by atoms with Gasteiger partial charge < -0.3 is 10.6 Å². The topological polar surface area (TPSA) is 42.1 Å². The van der Waals surface area contributed by atoms with Crippen LogP contribution in [0.2, 0.25) is 0 Å². The highest BCUT2D eigenvalue weighted by Crippen LogP contribution is 2.38. The zero-order chi connectivity index (χ0) is 11.7. The van der Waals surface area contributed by atoms with Crippen LogP contribution < -0.4 is 10.6 Å². The Kier molecular flexibility index (Phi) is 2.91. The van der Waals surface area contributed by atoms with Crippen LogP contribution in [0.15, 0.2) is 18.3 Å². The Morgan fingerprint density at radius 1 is 1.18 bits per heavy atom. The van der Waals surface area contributed by atoms with Crippen molar-refractivity contribution in [2.75, 3.05) is 17.2 Å². The number of hydrogen-bond acceptors (Lipinski definition) is 3. The summed E-state index contributed by atoms with van der Waals surface area (Å²) >= 11 is 0. The number of nitrogens with two attached hydrogens (primary N) is 1. The molecule has 2 heterocycles. The van der Waals surface area contributed by atoms with E-state index in [1.807, 2.05) is 6.07 Å². The number of hydrogen-bond donors (Lipinski definition) is 1. The Morgan fingerprint density at radius 3 is 2.76 bits per heavy atom. The zero-order valence-electron chi connectivity index (χ0n) is 10.3. The summed E-state index contributed by atoms with van der Waals surface area (Å²) < 4.78 is 0. The first-order chi connectivity index (χ1) is 8.36. The van der Waals surface area contributed by atoms with E-state index in [-0.39, 0.29) is 0 Å². The van der Waals surface area contributed by atoms with E-state index in [1.165, 1.54) is 38.5 Å². The molecule has 3 heteroatoms. The predicted octanol–water partition coefficient (Wildman–Crippen LogP) is 2.82. The molecule has 1 aliphatic heterocycles. The fourth-order valence-corrected chi connectivity index (χ4v) is 3.58. The van der Waals surface area contributed by atoms with E-state index in [9.17, 15) is 0 Å². The van der Waals surface area contributed by atoms with E-state index in [4.69, 9.17) is 5.73 Å². The fraction of sp³-hybridized carbons (Fsp3) is 0.643. The quantitative estimate of drug-likeness (QED) is 0.851. The lowest BCUT2D eigenvalue weighted by Crippen LogP contribution is -2.35. The molecule has 2 aliphatic rings. The van der Waals surface area contributed by atoms with Crippen molar-refractivity contribution in [2.24, 2.45) is 5.92 Å². The van der Waals surface area contributed by atoms with Gasteiger partial charge in [-0.1, -0.05) is 12.8 Å². The third-order valence-electron chi connectivity index (χ3n) is 4.37. The molecule has 1 aliphatic carbocycles. The van der Waals surface area contributed by atoms with Gasteiger partial charge >= 0.3 is 0 Å². The van der Waals surface area contributed by atoms with Gasteiger partial charge in [0.1, 0.15) is 5.82 Å². The minimum atomic E-state index is 0.692. The van der Waals surface area contributed by atoms with E-state index in [0.717, 1.165) is 18.2 Å². The normalized spacial score (nSPS) is 25.6. The highest BCUT2D eigenvalue weighted by molar-refractivity contribution is 5.64. The van der Waals surface area contributed by atoms with Crippen molar-refractivity contribution in [3.8, 4) is 0 Å². The lowest BCUT2D eigenvalue weighted by molar-refractivity contribution is 0.431. The second kappa shape index (κ2) is 4.55. The smallest absolute Gasteiger partial charge is 0.146 e. The molecule has 1 saturated carbocycles. The molecule has 17 heavy (non-hydrogen) atoms. The molecular weight excluding hydrogens is 210 g/mol. The maximum atomic E-state index is 6.01. The van der Waals surface area contributed by atoms with Gasteiger partial charge in [0.2, 0.25) is 0 Å². The first-order valence-electron chi connectivity index (χ1n) is 6.83. The van der Waals surface area contributed by atoms with Gasteiger partial charge in [0.25, 0.3) is 0 Å². The molecule has 1 aromatic rings. The molecule has 1 atom stereocenters. The molecule has 0 radical (unpaired) electrons. The van der Waals surface area contributed by atoms with Crippen LogP contribution in [-0.4, -0.2) is 17.6 Å². The lowest BCUT2D eigenvalue weighted by atomic mass is 9.96. The van der Waals surface area contributed by atoms with Crippen LogP contribution in [0.4, 0.5) is 11.5 Å². The number of nitrogen functional groups attached to an aromatic ring is 1. The summed E-state index contributed by atoms with van der Waals surface area (Å²) in [6, 6.07) is 4.83. The van der Waals surface area contributed by atoms with Gasteiger partial charge in [0.15, 0.2) is 0 Å². The van der Waals surface area contributed by atoms with Crippen LogP contribution in [-0.2, 0) is 0 Å². The van der Waals surface area contributed by atoms with Crippen molar-refractivity contribution in [3.63, 3.8) is 0 Å². The Labute approximate surface area is 103 Å². The fourth-order valence-electron chi connectivity index (χ4n) is 3.58. The summed E-state index contributed by atoms with van der Waals surface area (Å²) in [5.41, 5.74) is 7.16. The highest BCUT2D eigenvalue weighted by atomic mass is 15.2. The molecule has 2 fully saturated rings. The molecule has 0 aromatic carbocycles. The molecule has 3 nitrogen and oxygen atoms in total. The van der Waals surface area contributed by atoms with Crippen LogP contribution in [0.1, 0.15) is 38.5 Å². The van der Waals surface area contributed by atoms with E-state index in [1.54, 1.807) is 6.20 Å². The zero-order valence-corrected chi connectivity index (χ0v) is 10.3. The molecule has 0 bridgehead atoms. The summed E-state index contributed by atoms with van der Waals surface area (Å²) in [6.07, 6.45) is 10.0. The number of anilines is 2. The Bertz CT molecular complexity index is 385. The largest absolute Gasteiger partial charge is 0.382 e. The van der Waals surface area contributed by atoms with Crippen LogP contribution in [0.5, 0.6) is 0 Å². The molecule has 3 rings (SSSR count). The van der Waals surface area contributed by atoms with E-state index >= 15 is 0 Å². The molecule has 2 N–H and O–H groups in total. The molecule has 1 saturated heterocycles. The minimum Gasteiger partial charge on any atom is -0.382 e. The molecule has 92 valence electrons. The number of rotatable bonds is 2. The van der Waals surface area contributed by atoms with Gasteiger partial charge in [-0.2, -0.15) is 0 Å². The van der Waals surface area contributed by atoms with Crippen LogP contribution in [0, 0.1) is 5.92 Å². The summed E-state index contributed by atoms with van der Waals surface area (Å²) in [5, 5.41) is 0. The monoisotopic (exact) mass is 231 g/mol. The van der Waals surface area contributed by atoms with Gasteiger partial charge in [0, 0.05) is 18.8 Å². The van der Waals surface area contributed by atoms with E-state index in [0.29, 0.717) is 11.9 Å². The Balaban J connectivity index is 1.84. The predicted molar refractivity (Wildman–Crippen MR) is 71.0 cm³/mol. The molecule has 1 aromatic heterocycles. The van der Waals surface area contributed by atoms with Gasteiger partial charge in [0.05, 0.1) is 5.69 Å². The number of nitrogens with zero attached hydrogens (tertiary/aromatic N) is 2. The van der Waals surface area contributed by atoms with E-state index < -0.39 is 0 Å². The number of pyridine rings is 1. The number of aromatic nitrogens is 1. The Hall–Kier alpha value is -1.25. The summed E-state index contributed by atoms with van der Waals surface area (Å²) in [4.78, 5) is 6.73. The third-order valence-corrected chi connectivity index (χ3v) is 4.37. The average Bonchev–Trinajstić information content (AvgIpc) is 3.00. The van der Waals surface area contributed by atoms with Gasteiger partial charge in [-0.15, -0.1) is 0 Å². The first kappa shape index (κ1) is 10.9. The molecule has 0 spiro atoms. The lowest BCUT2D eigenvalue weighted by Gasteiger charge is -2.31. The summed E-state index contributed by atoms with van der Waals surface area (Å²) in [6.45, 7) is 1.15. The molecule has 1 unspecified atom stereocenters. The van der Waals surface area contributed by atoms with Gasteiger partial charge in [-0.05, 0) is 43.7 Å². The van der Waals surface area contributed by atoms with Crippen molar-refractivity contribution in [3.05, 3.63) is 18.3 Å². The van der Waals surface area contributed by atoms with Crippen molar-refractivity contribution < 1.29 is 0 Å². The second-order valence-electron chi connectivity index (χ2n) is 5.36. The van der Waals surface area contributed by atoms with Gasteiger partial charge in [-0.25, -0.2) is 4.98 Å².